The molecule has 0 saturated carbocycles. The number of nitrogen functional groups attached to an aromatic ring is 1. The van der Waals surface area contributed by atoms with Crippen molar-refractivity contribution in [3.8, 4) is 5.75 Å². The van der Waals surface area contributed by atoms with Gasteiger partial charge in [0.1, 0.15) is 18.6 Å². The first-order valence-corrected chi connectivity index (χ1v) is 8.07. The van der Waals surface area contributed by atoms with Crippen LogP contribution in [0.1, 0.15) is 5.56 Å². The minimum Gasteiger partial charge on any atom is -0.497 e. The van der Waals surface area contributed by atoms with E-state index in [2.05, 4.69) is 15.0 Å². The number of carbonyl (C=O) groups excluding carboxylic acids is 1. The summed E-state index contributed by atoms with van der Waals surface area (Å²) in [4.78, 5) is 25.1. The highest BCUT2D eigenvalue weighted by Crippen LogP contribution is 2.34. The predicted molar refractivity (Wildman–Crippen MR) is 91.5 cm³/mol. The maximum absolute atomic E-state index is 11.7. The minimum absolute atomic E-state index is 0.158. The third-order valence-electron chi connectivity index (χ3n) is 3.55. The van der Waals surface area contributed by atoms with Crippen molar-refractivity contribution in [3.63, 3.8) is 0 Å². The molecule has 4 N–H and O–H groups in total. The Hall–Kier alpha value is -2.85. The second-order valence-electron chi connectivity index (χ2n) is 5.18. The maximum atomic E-state index is 11.7. The first-order valence-electron chi connectivity index (χ1n) is 7.25. The Kier molecular flexibility index (Phi) is 4.72. The number of nitrogens with two attached hydrogens (primary N) is 1. The number of hydrogen-bond acceptors (Lipinski definition) is 8. The summed E-state index contributed by atoms with van der Waals surface area (Å²) in [6.45, 7) is 1.80. The van der Waals surface area contributed by atoms with Gasteiger partial charge in [0, 0.05) is 4.90 Å². The molecule has 0 saturated heterocycles. The summed E-state index contributed by atoms with van der Waals surface area (Å²) in [5.41, 5.74) is 9.31. The number of benzene rings is 1. The number of anilines is 1. The average molecular weight is 360 g/mol. The predicted octanol–water partition coefficient (Wildman–Crippen LogP) is 1.38. The molecule has 1 amide bonds. The second kappa shape index (κ2) is 6.95. The van der Waals surface area contributed by atoms with Crippen LogP contribution in [0.4, 0.5) is 5.82 Å². The summed E-state index contributed by atoms with van der Waals surface area (Å²) in [7, 11) is 1.59. The highest BCUT2D eigenvalue weighted by atomic mass is 32.2. The first kappa shape index (κ1) is 17.0. The van der Waals surface area contributed by atoms with Crippen molar-refractivity contribution in [1.29, 1.82) is 0 Å². The van der Waals surface area contributed by atoms with Crippen LogP contribution in [0.25, 0.3) is 11.2 Å². The van der Waals surface area contributed by atoms with E-state index in [9.17, 15) is 4.79 Å². The summed E-state index contributed by atoms with van der Waals surface area (Å²) in [6.07, 6.45) is 1.30. The van der Waals surface area contributed by atoms with Crippen molar-refractivity contribution in [2.75, 3.05) is 12.8 Å². The van der Waals surface area contributed by atoms with Crippen LogP contribution in [0.2, 0.25) is 0 Å². The molecule has 0 spiro atoms. The van der Waals surface area contributed by atoms with Gasteiger partial charge >= 0.3 is 0 Å². The molecule has 0 aliphatic heterocycles. The van der Waals surface area contributed by atoms with Crippen molar-refractivity contribution in [2.45, 2.75) is 23.5 Å². The van der Waals surface area contributed by atoms with Crippen LogP contribution in [0, 0.1) is 6.92 Å². The lowest BCUT2D eigenvalue weighted by Gasteiger charge is -2.09. The largest absolute Gasteiger partial charge is 0.497 e. The molecule has 0 radical (unpaired) electrons. The number of hydroxylamine groups is 1. The van der Waals surface area contributed by atoms with Crippen LogP contribution in [0.15, 0.2) is 34.6 Å². The van der Waals surface area contributed by atoms with Crippen LogP contribution >= 0.6 is 11.8 Å². The van der Waals surface area contributed by atoms with Crippen LogP contribution in [-0.4, -0.2) is 37.7 Å². The Morgan fingerprint density at radius 1 is 1.44 bits per heavy atom. The number of amides is 1. The molecular weight excluding hydrogens is 344 g/mol. The van der Waals surface area contributed by atoms with E-state index in [1.165, 1.54) is 18.1 Å². The number of methoxy groups -OCH3 is 1. The number of nitrogens with zero attached hydrogens (tertiary/aromatic N) is 4. The Morgan fingerprint density at radius 3 is 2.96 bits per heavy atom. The zero-order valence-electron chi connectivity index (χ0n) is 13.6. The van der Waals surface area contributed by atoms with E-state index >= 15 is 0 Å². The van der Waals surface area contributed by atoms with Gasteiger partial charge in [-0.25, -0.2) is 20.4 Å². The Labute approximate surface area is 147 Å². The minimum atomic E-state index is -0.597. The van der Waals surface area contributed by atoms with E-state index in [-0.39, 0.29) is 12.4 Å². The van der Waals surface area contributed by atoms with Gasteiger partial charge in [0.15, 0.2) is 22.1 Å². The molecule has 3 aromatic rings. The Morgan fingerprint density at radius 2 is 2.24 bits per heavy atom. The lowest BCUT2D eigenvalue weighted by Crippen LogP contribution is -2.24. The fourth-order valence-electron chi connectivity index (χ4n) is 2.25. The number of rotatable bonds is 5. The molecular formula is C15H16N6O3S. The fraction of sp³-hybridized carbons (Fsp3) is 0.200. The van der Waals surface area contributed by atoms with E-state index < -0.39 is 5.91 Å². The zero-order chi connectivity index (χ0) is 18.0. The molecule has 1 aromatic carbocycles. The standard InChI is InChI=1S/C15H16N6O3S/c1-8-3-4-9(24-2)5-10(8)25-15-19-12-13(16)17-7-18-14(12)21(15)6-11(22)20-23/h3-5,7,23H,6H2,1-2H3,(H,20,22)(H2,16,17,18). The van der Waals surface area contributed by atoms with Gasteiger partial charge in [-0.3, -0.25) is 14.6 Å². The van der Waals surface area contributed by atoms with Gasteiger partial charge in [-0.1, -0.05) is 17.8 Å². The van der Waals surface area contributed by atoms with E-state index in [0.29, 0.717) is 22.1 Å². The Balaban J connectivity index is 2.10. The van der Waals surface area contributed by atoms with E-state index in [1.54, 1.807) is 17.2 Å². The first-order chi connectivity index (χ1) is 12.0. The normalized spacial score (nSPS) is 10.8. The molecule has 25 heavy (non-hydrogen) atoms. The van der Waals surface area contributed by atoms with Gasteiger partial charge in [0.05, 0.1) is 7.11 Å². The SMILES string of the molecule is COc1ccc(C)c(Sc2nc3c(N)ncnc3n2CC(=O)NO)c1. The molecule has 9 nitrogen and oxygen atoms in total. The number of ether oxygens (including phenoxy) is 1. The smallest absolute Gasteiger partial charge is 0.263 e. The summed E-state index contributed by atoms with van der Waals surface area (Å²) in [5, 5.41) is 9.34. The topological polar surface area (TPSA) is 128 Å². The van der Waals surface area contributed by atoms with E-state index in [1.807, 2.05) is 25.1 Å². The quantitative estimate of drug-likeness (QED) is 0.460. The van der Waals surface area contributed by atoms with E-state index in [0.717, 1.165) is 10.5 Å². The molecule has 0 aliphatic rings. The number of imidazole rings is 1. The monoisotopic (exact) mass is 360 g/mol. The van der Waals surface area contributed by atoms with Gasteiger partial charge in [0.25, 0.3) is 5.91 Å². The molecule has 0 fully saturated rings. The zero-order valence-corrected chi connectivity index (χ0v) is 14.4. The summed E-state index contributed by atoms with van der Waals surface area (Å²) >= 11 is 1.34. The number of hydrogen-bond donors (Lipinski definition) is 3. The third kappa shape index (κ3) is 3.35. The van der Waals surface area contributed by atoms with Crippen molar-refractivity contribution < 1.29 is 14.7 Å². The maximum Gasteiger partial charge on any atom is 0.263 e. The number of nitrogens with one attached hydrogen (secondary N) is 1. The molecule has 0 aliphatic carbocycles. The number of aromatic nitrogens is 4. The van der Waals surface area contributed by atoms with E-state index in [4.69, 9.17) is 15.7 Å². The van der Waals surface area contributed by atoms with Gasteiger partial charge in [-0.05, 0) is 24.6 Å². The highest BCUT2D eigenvalue weighted by molar-refractivity contribution is 7.99. The fourth-order valence-corrected chi connectivity index (χ4v) is 3.25. The number of carbonyl (C=O) groups is 1. The molecule has 2 aromatic heterocycles. The van der Waals surface area contributed by atoms with Crippen LogP contribution in [0.5, 0.6) is 5.75 Å². The molecule has 10 heteroatoms. The molecule has 130 valence electrons. The summed E-state index contributed by atoms with van der Waals surface area (Å²) in [6, 6.07) is 5.68. The van der Waals surface area contributed by atoms with Gasteiger partial charge in [-0.15, -0.1) is 0 Å². The number of aryl methyl sites for hydroxylation is 1. The molecule has 2 heterocycles. The summed E-state index contributed by atoms with van der Waals surface area (Å²) < 4.78 is 6.83. The molecule has 0 unspecified atom stereocenters. The molecule has 0 atom stereocenters. The Bertz CT molecular complexity index is 942. The summed E-state index contributed by atoms with van der Waals surface area (Å²) in [5.74, 6) is 0.334. The van der Waals surface area contributed by atoms with Gasteiger partial charge in [-0.2, -0.15) is 0 Å². The lowest BCUT2D eigenvalue weighted by atomic mass is 10.2. The molecule has 3 rings (SSSR count). The molecule has 0 bridgehead atoms. The third-order valence-corrected chi connectivity index (χ3v) is 4.70. The van der Waals surface area contributed by atoms with Crippen LogP contribution in [-0.2, 0) is 11.3 Å². The van der Waals surface area contributed by atoms with Crippen molar-refractivity contribution in [1.82, 2.24) is 25.0 Å². The van der Waals surface area contributed by atoms with Crippen molar-refractivity contribution in [2.24, 2.45) is 0 Å². The van der Waals surface area contributed by atoms with Crippen molar-refractivity contribution >= 4 is 34.7 Å². The van der Waals surface area contributed by atoms with Crippen LogP contribution in [0.3, 0.4) is 0 Å². The number of fused-ring (bicyclic) bond motifs is 1. The van der Waals surface area contributed by atoms with Crippen molar-refractivity contribution in [3.05, 3.63) is 30.1 Å². The highest BCUT2D eigenvalue weighted by Gasteiger charge is 2.18. The van der Waals surface area contributed by atoms with Gasteiger partial charge < -0.3 is 10.5 Å². The van der Waals surface area contributed by atoms with Gasteiger partial charge in [0.2, 0.25) is 0 Å². The average Bonchev–Trinajstić information content (AvgIpc) is 2.95. The second-order valence-corrected chi connectivity index (χ2v) is 6.19. The van der Waals surface area contributed by atoms with Crippen LogP contribution < -0.4 is 16.0 Å². The lowest BCUT2D eigenvalue weighted by molar-refractivity contribution is -0.129.